The van der Waals surface area contributed by atoms with E-state index < -0.39 is 0 Å². The van der Waals surface area contributed by atoms with Gasteiger partial charge in [0.15, 0.2) is 6.54 Å². The first-order valence-corrected chi connectivity index (χ1v) is 8.77. The van der Waals surface area contributed by atoms with Gasteiger partial charge in [0.25, 0.3) is 5.91 Å². The highest BCUT2D eigenvalue weighted by Gasteiger charge is 2.23. The number of likely N-dealkylation sites (N-methyl/N-ethyl adjacent to an activating group) is 1. The zero-order chi connectivity index (χ0) is 15.9. The predicted molar refractivity (Wildman–Crippen MR) is 90.8 cm³/mol. The van der Waals surface area contributed by atoms with Crippen molar-refractivity contribution in [1.29, 1.82) is 0 Å². The van der Waals surface area contributed by atoms with E-state index >= 15 is 0 Å². The van der Waals surface area contributed by atoms with Gasteiger partial charge in [0.1, 0.15) is 6.54 Å². The molecule has 122 valence electrons. The molecule has 0 aromatic heterocycles. The minimum atomic E-state index is 0.196. The van der Waals surface area contributed by atoms with E-state index in [4.69, 9.17) is 0 Å². The fraction of sp³-hybridized carbons (Fsp3) is 0.632. The van der Waals surface area contributed by atoms with E-state index in [0.717, 1.165) is 19.4 Å². The van der Waals surface area contributed by atoms with Crippen LogP contribution in [0.4, 0.5) is 0 Å². The molecular weight excluding hydrogens is 272 g/mol. The van der Waals surface area contributed by atoms with Gasteiger partial charge in [-0.05, 0) is 30.7 Å². The average Bonchev–Trinajstić information content (AvgIpc) is 2.50. The van der Waals surface area contributed by atoms with Gasteiger partial charge in [0.05, 0.1) is 7.05 Å². The maximum absolute atomic E-state index is 12.2. The maximum atomic E-state index is 12.2. The van der Waals surface area contributed by atoms with Crippen molar-refractivity contribution in [2.24, 2.45) is 5.92 Å². The van der Waals surface area contributed by atoms with Crippen molar-refractivity contribution in [2.45, 2.75) is 58.5 Å². The summed E-state index contributed by atoms with van der Waals surface area (Å²) in [5.41, 5.74) is 2.67. The number of benzene rings is 1. The molecule has 2 rings (SSSR count). The van der Waals surface area contributed by atoms with E-state index in [9.17, 15) is 4.79 Å². The first-order chi connectivity index (χ1) is 10.6. The van der Waals surface area contributed by atoms with Gasteiger partial charge in [-0.15, -0.1) is 0 Å². The molecule has 3 heteroatoms. The van der Waals surface area contributed by atoms with Gasteiger partial charge < -0.3 is 10.2 Å². The number of carbonyl (C=O) groups is 1. The zero-order valence-corrected chi connectivity index (χ0v) is 14.3. The molecule has 0 bridgehead atoms. The van der Waals surface area contributed by atoms with E-state index in [1.165, 1.54) is 35.3 Å². The molecule has 0 heterocycles. The summed E-state index contributed by atoms with van der Waals surface area (Å²) in [5.74, 6) is 0.820. The van der Waals surface area contributed by atoms with E-state index in [1.54, 1.807) is 0 Å². The number of aryl methyl sites for hydroxylation is 1. The van der Waals surface area contributed by atoms with Gasteiger partial charge >= 0.3 is 0 Å². The normalized spacial score (nSPS) is 23.0. The van der Waals surface area contributed by atoms with Crippen LogP contribution in [0.15, 0.2) is 24.3 Å². The van der Waals surface area contributed by atoms with Gasteiger partial charge in [-0.2, -0.15) is 0 Å². The minimum absolute atomic E-state index is 0.196. The average molecular weight is 303 g/mol. The van der Waals surface area contributed by atoms with Crippen molar-refractivity contribution >= 4 is 5.91 Å². The van der Waals surface area contributed by atoms with Crippen LogP contribution in [-0.2, 0) is 17.8 Å². The maximum Gasteiger partial charge on any atom is 0.275 e. The molecule has 1 saturated carbocycles. The molecule has 2 N–H and O–H groups in total. The van der Waals surface area contributed by atoms with Crippen LogP contribution < -0.4 is 10.2 Å². The number of nitrogens with one attached hydrogen (secondary N) is 2. The molecule has 1 aromatic carbocycles. The SMILES string of the molecule is CCc1ccc(C[NH+](C)CC(=O)N[C@@H]2CCCC[C@@H]2C)cc1. The summed E-state index contributed by atoms with van der Waals surface area (Å²) in [6.07, 6.45) is 6.03. The van der Waals surface area contributed by atoms with Crippen molar-refractivity contribution in [3.63, 3.8) is 0 Å². The summed E-state index contributed by atoms with van der Waals surface area (Å²) in [6, 6.07) is 9.13. The highest BCUT2D eigenvalue weighted by atomic mass is 16.2. The standard InChI is InChI=1S/C19H30N2O/c1-4-16-9-11-17(12-10-16)13-21(3)14-19(22)20-18-8-6-5-7-15(18)2/h9-12,15,18H,4-8,13-14H2,1-3H3,(H,20,22)/p+1/t15-,18+/m0/s1. The summed E-state index contributed by atoms with van der Waals surface area (Å²) >= 11 is 0. The number of quaternary nitrogens is 1. The fourth-order valence-corrected chi connectivity index (χ4v) is 3.37. The Labute approximate surface area is 135 Å². The first kappa shape index (κ1) is 17.0. The number of hydrogen-bond donors (Lipinski definition) is 2. The molecule has 1 aromatic rings. The number of carbonyl (C=O) groups excluding carboxylic acids is 1. The van der Waals surface area contributed by atoms with E-state index in [0.29, 0.717) is 18.5 Å². The molecule has 1 amide bonds. The molecule has 1 fully saturated rings. The van der Waals surface area contributed by atoms with Crippen molar-refractivity contribution < 1.29 is 9.69 Å². The third kappa shape index (κ3) is 5.13. The molecule has 0 aliphatic heterocycles. The van der Waals surface area contributed by atoms with Gasteiger partial charge in [-0.1, -0.05) is 51.0 Å². The van der Waals surface area contributed by atoms with Crippen molar-refractivity contribution in [3.05, 3.63) is 35.4 Å². The Kier molecular flexibility index (Phi) is 6.44. The van der Waals surface area contributed by atoms with E-state index in [-0.39, 0.29) is 5.91 Å². The predicted octanol–water partition coefficient (Wildman–Crippen LogP) is 1.96. The van der Waals surface area contributed by atoms with Crippen LogP contribution in [0.5, 0.6) is 0 Å². The second-order valence-corrected chi connectivity index (χ2v) is 6.92. The van der Waals surface area contributed by atoms with Crippen LogP contribution in [0.3, 0.4) is 0 Å². The van der Waals surface area contributed by atoms with Gasteiger partial charge in [0, 0.05) is 11.6 Å². The smallest absolute Gasteiger partial charge is 0.275 e. The lowest BCUT2D eigenvalue weighted by Gasteiger charge is -2.29. The second kappa shape index (κ2) is 8.33. The highest BCUT2D eigenvalue weighted by molar-refractivity contribution is 5.77. The summed E-state index contributed by atoms with van der Waals surface area (Å²) in [6.45, 7) is 5.88. The van der Waals surface area contributed by atoms with Crippen molar-refractivity contribution in [3.8, 4) is 0 Å². The molecule has 22 heavy (non-hydrogen) atoms. The lowest BCUT2D eigenvalue weighted by atomic mass is 9.86. The second-order valence-electron chi connectivity index (χ2n) is 6.92. The summed E-state index contributed by atoms with van der Waals surface area (Å²) in [5, 5.41) is 3.24. The molecule has 0 saturated heterocycles. The molecule has 3 nitrogen and oxygen atoms in total. The lowest BCUT2D eigenvalue weighted by Crippen LogP contribution is -3.09. The lowest BCUT2D eigenvalue weighted by molar-refractivity contribution is -0.885. The Morgan fingerprint density at radius 3 is 2.45 bits per heavy atom. The summed E-state index contributed by atoms with van der Waals surface area (Å²) < 4.78 is 0. The fourth-order valence-electron chi connectivity index (χ4n) is 3.37. The minimum Gasteiger partial charge on any atom is -0.348 e. The highest BCUT2D eigenvalue weighted by Crippen LogP contribution is 2.23. The van der Waals surface area contributed by atoms with Crippen LogP contribution in [-0.4, -0.2) is 25.5 Å². The first-order valence-electron chi connectivity index (χ1n) is 8.77. The molecule has 1 aliphatic carbocycles. The summed E-state index contributed by atoms with van der Waals surface area (Å²) in [7, 11) is 2.09. The van der Waals surface area contributed by atoms with E-state index in [1.807, 2.05) is 0 Å². The molecular formula is C19H31N2O+. The van der Waals surface area contributed by atoms with Gasteiger partial charge in [-0.3, -0.25) is 4.79 Å². The Balaban J connectivity index is 1.77. The third-order valence-corrected chi connectivity index (χ3v) is 4.86. The Bertz CT molecular complexity index is 469. The Morgan fingerprint density at radius 2 is 1.82 bits per heavy atom. The quantitative estimate of drug-likeness (QED) is 0.827. The monoisotopic (exact) mass is 303 g/mol. The molecule has 0 spiro atoms. The van der Waals surface area contributed by atoms with Crippen LogP contribution >= 0.6 is 0 Å². The van der Waals surface area contributed by atoms with E-state index in [2.05, 4.69) is 50.5 Å². The van der Waals surface area contributed by atoms with Crippen molar-refractivity contribution in [1.82, 2.24) is 5.32 Å². The Morgan fingerprint density at radius 1 is 1.18 bits per heavy atom. The van der Waals surface area contributed by atoms with Crippen molar-refractivity contribution in [2.75, 3.05) is 13.6 Å². The molecule has 3 atom stereocenters. The topological polar surface area (TPSA) is 33.5 Å². The van der Waals surface area contributed by atoms with Crippen LogP contribution in [0.2, 0.25) is 0 Å². The van der Waals surface area contributed by atoms with Crippen LogP contribution in [0, 0.1) is 5.92 Å². The van der Waals surface area contributed by atoms with Gasteiger partial charge in [-0.25, -0.2) is 0 Å². The summed E-state index contributed by atoms with van der Waals surface area (Å²) in [4.78, 5) is 13.5. The zero-order valence-electron chi connectivity index (χ0n) is 14.3. The van der Waals surface area contributed by atoms with Crippen LogP contribution in [0.1, 0.15) is 50.7 Å². The molecule has 0 radical (unpaired) electrons. The number of rotatable bonds is 6. The molecule has 1 unspecified atom stereocenters. The van der Waals surface area contributed by atoms with Gasteiger partial charge in [0.2, 0.25) is 0 Å². The Hall–Kier alpha value is -1.35. The third-order valence-electron chi connectivity index (χ3n) is 4.86. The largest absolute Gasteiger partial charge is 0.348 e. The number of amides is 1. The molecule has 1 aliphatic rings. The number of hydrogen-bond acceptors (Lipinski definition) is 1. The van der Waals surface area contributed by atoms with Crippen LogP contribution in [0.25, 0.3) is 0 Å².